The van der Waals surface area contributed by atoms with Gasteiger partial charge in [0.05, 0.1) is 24.1 Å². The molecule has 32 heavy (non-hydrogen) atoms. The van der Waals surface area contributed by atoms with Gasteiger partial charge in [-0.1, -0.05) is 35.9 Å². The molecule has 3 aromatic rings. The fourth-order valence-corrected chi connectivity index (χ4v) is 3.88. The maximum Gasteiger partial charge on any atom is 0.339 e. The van der Waals surface area contributed by atoms with Crippen molar-refractivity contribution < 1.29 is 14.3 Å². The van der Waals surface area contributed by atoms with E-state index in [-0.39, 0.29) is 11.8 Å². The Hall–Kier alpha value is -3.45. The summed E-state index contributed by atoms with van der Waals surface area (Å²) in [4.78, 5) is 26.8. The van der Waals surface area contributed by atoms with Crippen molar-refractivity contribution in [2.24, 2.45) is 5.92 Å². The largest absolute Gasteiger partial charge is 0.465 e. The molecule has 2 heterocycles. The number of hydrogen-bond donors (Lipinski definition) is 1. The Kier molecular flexibility index (Phi) is 6.66. The summed E-state index contributed by atoms with van der Waals surface area (Å²) in [6.45, 7) is 1.40. The van der Waals surface area contributed by atoms with Crippen LogP contribution in [-0.2, 0) is 9.53 Å². The van der Waals surface area contributed by atoms with E-state index in [9.17, 15) is 9.59 Å². The van der Waals surface area contributed by atoms with Crippen LogP contribution in [0.1, 0.15) is 23.2 Å². The molecular weight excluding hydrogens is 428 g/mol. The molecule has 1 N–H and O–H groups in total. The second-order valence-electron chi connectivity index (χ2n) is 7.57. The van der Waals surface area contributed by atoms with Gasteiger partial charge in [-0.05, 0) is 49.2 Å². The first-order valence-electron chi connectivity index (χ1n) is 10.4. The second kappa shape index (κ2) is 9.78. The maximum absolute atomic E-state index is 12.8. The van der Waals surface area contributed by atoms with E-state index < -0.39 is 5.97 Å². The second-order valence-corrected chi connectivity index (χ2v) is 8.01. The Morgan fingerprint density at radius 3 is 2.38 bits per heavy atom. The highest BCUT2D eigenvalue weighted by Gasteiger charge is 2.26. The van der Waals surface area contributed by atoms with Crippen molar-refractivity contribution >= 4 is 35.0 Å². The first kappa shape index (κ1) is 21.8. The highest BCUT2D eigenvalue weighted by Crippen LogP contribution is 2.26. The number of carbonyl (C=O) groups excluding carboxylic acids is 2. The van der Waals surface area contributed by atoms with E-state index in [1.165, 1.54) is 7.11 Å². The third kappa shape index (κ3) is 4.89. The van der Waals surface area contributed by atoms with Gasteiger partial charge in [0.2, 0.25) is 5.91 Å². The molecule has 7 nitrogen and oxygen atoms in total. The smallest absolute Gasteiger partial charge is 0.339 e. The highest BCUT2D eigenvalue weighted by molar-refractivity contribution is 6.30. The number of aromatic nitrogens is 2. The van der Waals surface area contributed by atoms with Crippen LogP contribution in [0.4, 0.5) is 11.5 Å². The van der Waals surface area contributed by atoms with Gasteiger partial charge in [-0.25, -0.2) is 4.79 Å². The fourth-order valence-electron chi connectivity index (χ4n) is 3.75. The van der Waals surface area contributed by atoms with Crippen molar-refractivity contribution in [3.63, 3.8) is 0 Å². The van der Waals surface area contributed by atoms with Crippen LogP contribution < -0.4 is 10.2 Å². The lowest BCUT2D eigenvalue weighted by molar-refractivity contribution is -0.120. The van der Waals surface area contributed by atoms with Gasteiger partial charge in [0, 0.05) is 29.6 Å². The molecule has 1 aliphatic heterocycles. The number of carbonyl (C=O) groups is 2. The van der Waals surface area contributed by atoms with Crippen molar-refractivity contribution in [2.75, 3.05) is 30.4 Å². The average molecular weight is 451 g/mol. The molecular formula is C24H23ClN4O3. The maximum atomic E-state index is 12.8. The number of ether oxygens (including phenoxy) is 1. The Bertz CT molecular complexity index is 1090. The number of nitrogens with zero attached hydrogens (tertiary/aromatic N) is 3. The number of esters is 1. The Morgan fingerprint density at radius 2 is 1.72 bits per heavy atom. The van der Waals surface area contributed by atoms with Crippen LogP contribution in [0.15, 0.2) is 60.7 Å². The summed E-state index contributed by atoms with van der Waals surface area (Å²) in [6.07, 6.45) is 1.37. The molecule has 1 aliphatic rings. The molecule has 164 valence electrons. The van der Waals surface area contributed by atoms with Crippen LogP contribution in [0.5, 0.6) is 0 Å². The summed E-state index contributed by atoms with van der Waals surface area (Å²) < 4.78 is 4.79. The summed E-state index contributed by atoms with van der Waals surface area (Å²) in [5, 5.41) is 12.3. The van der Waals surface area contributed by atoms with Gasteiger partial charge in [-0.2, -0.15) is 0 Å². The molecule has 2 aromatic carbocycles. The molecule has 1 amide bonds. The molecule has 0 bridgehead atoms. The highest BCUT2D eigenvalue weighted by atomic mass is 35.5. The van der Waals surface area contributed by atoms with Crippen molar-refractivity contribution in [1.29, 1.82) is 0 Å². The molecule has 8 heteroatoms. The van der Waals surface area contributed by atoms with E-state index in [0.717, 1.165) is 17.1 Å². The van der Waals surface area contributed by atoms with E-state index >= 15 is 0 Å². The number of hydrogen-bond acceptors (Lipinski definition) is 6. The average Bonchev–Trinajstić information content (AvgIpc) is 2.84. The van der Waals surface area contributed by atoms with Crippen LogP contribution in [-0.4, -0.2) is 42.3 Å². The third-order valence-corrected chi connectivity index (χ3v) is 5.82. The normalized spacial score (nSPS) is 14.1. The summed E-state index contributed by atoms with van der Waals surface area (Å²) >= 11 is 5.94. The van der Waals surface area contributed by atoms with Gasteiger partial charge < -0.3 is 15.0 Å². The molecule has 0 radical (unpaired) electrons. The SMILES string of the molecule is COC(=O)c1ccccc1NC(=O)C1CCN(c2ccc(-c3ccc(Cl)cc3)nn2)CC1. The molecule has 0 saturated carbocycles. The summed E-state index contributed by atoms with van der Waals surface area (Å²) in [5.41, 5.74) is 2.55. The number of methoxy groups -OCH3 is 1. The zero-order chi connectivity index (χ0) is 22.5. The number of halogens is 1. The number of piperidine rings is 1. The monoisotopic (exact) mass is 450 g/mol. The van der Waals surface area contributed by atoms with E-state index in [1.54, 1.807) is 24.3 Å². The zero-order valence-electron chi connectivity index (χ0n) is 17.6. The van der Waals surface area contributed by atoms with Crippen molar-refractivity contribution in [1.82, 2.24) is 10.2 Å². The van der Waals surface area contributed by atoms with E-state index in [1.807, 2.05) is 36.4 Å². The van der Waals surface area contributed by atoms with Crippen LogP contribution in [0, 0.1) is 5.92 Å². The number of benzene rings is 2. The number of nitrogens with one attached hydrogen (secondary N) is 1. The van der Waals surface area contributed by atoms with Crippen LogP contribution in [0.2, 0.25) is 5.02 Å². The minimum absolute atomic E-state index is 0.0924. The van der Waals surface area contributed by atoms with E-state index in [2.05, 4.69) is 20.4 Å². The van der Waals surface area contributed by atoms with E-state index in [0.29, 0.717) is 42.2 Å². The molecule has 0 atom stereocenters. The van der Waals surface area contributed by atoms with Crippen LogP contribution in [0.3, 0.4) is 0 Å². The summed E-state index contributed by atoms with van der Waals surface area (Å²) in [6, 6.07) is 18.2. The van der Waals surface area contributed by atoms with Crippen molar-refractivity contribution in [3.8, 4) is 11.3 Å². The van der Waals surface area contributed by atoms with Gasteiger partial charge in [0.15, 0.2) is 5.82 Å². The summed E-state index contributed by atoms with van der Waals surface area (Å²) in [5.74, 6) is 0.0809. The molecule has 0 unspecified atom stereocenters. The van der Waals surface area contributed by atoms with Gasteiger partial charge in [0.25, 0.3) is 0 Å². The zero-order valence-corrected chi connectivity index (χ0v) is 18.4. The Morgan fingerprint density at radius 1 is 1.00 bits per heavy atom. The quantitative estimate of drug-likeness (QED) is 0.578. The van der Waals surface area contributed by atoms with Gasteiger partial charge >= 0.3 is 5.97 Å². The number of rotatable bonds is 5. The molecule has 0 aliphatic carbocycles. The lowest BCUT2D eigenvalue weighted by Crippen LogP contribution is -2.38. The van der Waals surface area contributed by atoms with Crippen LogP contribution in [0.25, 0.3) is 11.3 Å². The molecule has 1 saturated heterocycles. The molecule has 1 aromatic heterocycles. The number of amides is 1. The third-order valence-electron chi connectivity index (χ3n) is 5.57. The first-order chi connectivity index (χ1) is 15.5. The number of anilines is 2. The molecule has 1 fully saturated rings. The Balaban J connectivity index is 1.35. The van der Waals surface area contributed by atoms with Crippen molar-refractivity contribution in [2.45, 2.75) is 12.8 Å². The molecule has 4 rings (SSSR count). The summed E-state index contributed by atoms with van der Waals surface area (Å²) in [7, 11) is 1.32. The molecule has 0 spiro atoms. The fraction of sp³-hybridized carbons (Fsp3) is 0.250. The predicted molar refractivity (Wildman–Crippen MR) is 124 cm³/mol. The van der Waals surface area contributed by atoms with E-state index in [4.69, 9.17) is 16.3 Å². The lowest BCUT2D eigenvalue weighted by atomic mass is 9.95. The van der Waals surface area contributed by atoms with Crippen LogP contribution >= 0.6 is 11.6 Å². The van der Waals surface area contributed by atoms with Gasteiger partial charge in [-0.15, -0.1) is 10.2 Å². The van der Waals surface area contributed by atoms with Gasteiger partial charge in [0.1, 0.15) is 0 Å². The minimum atomic E-state index is -0.476. The first-order valence-corrected chi connectivity index (χ1v) is 10.8. The topological polar surface area (TPSA) is 84.4 Å². The Labute approximate surface area is 191 Å². The number of para-hydroxylation sites is 1. The predicted octanol–water partition coefficient (Wildman–Crippen LogP) is 4.44. The van der Waals surface area contributed by atoms with Gasteiger partial charge in [-0.3, -0.25) is 4.79 Å². The van der Waals surface area contributed by atoms with Crippen molar-refractivity contribution in [3.05, 3.63) is 71.2 Å². The minimum Gasteiger partial charge on any atom is -0.465 e. The standard InChI is InChI=1S/C24H23ClN4O3/c1-32-24(31)19-4-2-3-5-21(19)26-23(30)17-12-14-29(15-13-17)22-11-10-20(27-28-22)16-6-8-18(25)9-7-16/h2-11,17H,12-15H2,1H3,(H,26,30). The lowest BCUT2D eigenvalue weighted by Gasteiger charge is -2.32.